The summed E-state index contributed by atoms with van der Waals surface area (Å²) in [4.78, 5) is 4.26. The van der Waals surface area contributed by atoms with Gasteiger partial charge in [-0.15, -0.1) is 0 Å². The third-order valence-electron chi connectivity index (χ3n) is 5.30. The molecule has 2 bridgehead atoms. The summed E-state index contributed by atoms with van der Waals surface area (Å²) in [6, 6.07) is 13.2. The molecule has 0 amide bonds. The van der Waals surface area contributed by atoms with Gasteiger partial charge in [0.25, 0.3) is 0 Å². The Hall–Kier alpha value is -2.58. The van der Waals surface area contributed by atoms with E-state index < -0.39 is 11.6 Å². The van der Waals surface area contributed by atoms with Gasteiger partial charge in [0.05, 0.1) is 6.21 Å². The quantitative estimate of drug-likeness (QED) is 0.458. The molecule has 2 aromatic carbocycles. The molecule has 4 rings (SSSR count). The maximum atomic E-state index is 14.7. The molecule has 2 fully saturated rings. The van der Waals surface area contributed by atoms with Gasteiger partial charge >= 0.3 is 0 Å². The Balaban J connectivity index is 1.46. The number of hydrazone groups is 1. The molecule has 0 unspecified atom stereocenters. The lowest BCUT2D eigenvalue weighted by Crippen LogP contribution is -2.46. The second-order valence-electron chi connectivity index (χ2n) is 7.18. The van der Waals surface area contributed by atoms with Crippen molar-refractivity contribution < 1.29 is 8.78 Å². The SMILES string of the molecule is NC(=S)N/N=C/c1cc(F)c(N2C[C@@H]3C[C@H]2CN3Cc2ccccc2)c(F)c1. The van der Waals surface area contributed by atoms with Crippen molar-refractivity contribution in [3.63, 3.8) is 0 Å². The lowest BCUT2D eigenvalue weighted by Gasteiger charge is -2.36. The van der Waals surface area contributed by atoms with E-state index in [0.29, 0.717) is 18.2 Å². The van der Waals surface area contributed by atoms with E-state index in [9.17, 15) is 8.78 Å². The highest BCUT2D eigenvalue weighted by Crippen LogP contribution is 2.38. The molecule has 3 N–H and O–H groups in total. The van der Waals surface area contributed by atoms with E-state index in [0.717, 1.165) is 19.5 Å². The number of nitrogens with zero attached hydrogens (tertiary/aromatic N) is 3. The van der Waals surface area contributed by atoms with Gasteiger partial charge in [0, 0.05) is 37.3 Å². The molecular formula is C20H21F2N5S. The van der Waals surface area contributed by atoms with Crippen LogP contribution in [0.3, 0.4) is 0 Å². The van der Waals surface area contributed by atoms with E-state index in [1.807, 2.05) is 23.1 Å². The minimum atomic E-state index is -0.584. The first-order chi connectivity index (χ1) is 13.5. The fourth-order valence-corrected chi connectivity index (χ4v) is 4.19. The third kappa shape index (κ3) is 3.83. The van der Waals surface area contributed by atoms with E-state index in [1.165, 1.54) is 23.9 Å². The Labute approximate surface area is 167 Å². The molecule has 0 saturated carbocycles. The molecule has 2 aliphatic heterocycles. The van der Waals surface area contributed by atoms with Crippen molar-refractivity contribution in [1.82, 2.24) is 10.3 Å². The van der Waals surface area contributed by atoms with Gasteiger partial charge in [-0.3, -0.25) is 10.3 Å². The van der Waals surface area contributed by atoms with Crippen LogP contribution in [-0.2, 0) is 6.54 Å². The highest BCUT2D eigenvalue weighted by Gasteiger charge is 2.44. The molecule has 2 aliphatic rings. The Morgan fingerprint density at radius 3 is 2.50 bits per heavy atom. The fraction of sp³-hybridized carbons (Fsp3) is 0.300. The van der Waals surface area contributed by atoms with Crippen LogP contribution in [0.5, 0.6) is 0 Å². The molecule has 0 spiro atoms. The van der Waals surface area contributed by atoms with Crippen LogP contribution in [0.4, 0.5) is 14.5 Å². The number of fused-ring (bicyclic) bond motifs is 2. The predicted octanol–water partition coefficient (Wildman–Crippen LogP) is 2.60. The number of rotatable bonds is 5. The number of benzene rings is 2. The maximum Gasteiger partial charge on any atom is 0.184 e. The van der Waals surface area contributed by atoms with Crippen molar-refractivity contribution in [2.24, 2.45) is 10.8 Å². The summed E-state index contributed by atoms with van der Waals surface area (Å²) < 4.78 is 29.4. The molecule has 2 heterocycles. The molecule has 2 aromatic rings. The number of halogens is 2. The van der Waals surface area contributed by atoms with Gasteiger partial charge in [-0.2, -0.15) is 5.10 Å². The van der Waals surface area contributed by atoms with Gasteiger partial charge < -0.3 is 10.6 Å². The summed E-state index contributed by atoms with van der Waals surface area (Å²) in [5.41, 5.74) is 9.24. The molecule has 8 heteroatoms. The van der Waals surface area contributed by atoms with Gasteiger partial charge in [-0.05, 0) is 36.3 Å². The highest BCUT2D eigenvalue weighted by molar-refractivity contribution is 7.80. The molecule has 28 heavy (non-hydrogen) atoms. The number of nitrogens with one attached hydrogen (secondary N) is 1. The van der Waals surface area contributed by atoms with Crippen LogP contribution >= 0.6 is 12.2 Å². The average Bonchev–Trinajstić information content (AvgIpc) is 3.22. The number of nitrogens with two attached hydrogens (primary N) is 1. The van der Waals surface area contributed by atoms with Gasteiger partial charge in [0.1, 0.15) is 17.3 Å². The largest absolute Gasteiger partial charge is 0.375 e. The molecule has 146 valence electrons. The van der Waals surface area contributed by atoms with Crippen molar-refractivity contribution in [2.45, 2.75) is 25.0 Å². The van der Waals surface area contributed by atoms with Crippen LogP contribution in [0.15, 0.2) is 47.6 Å². The number of hydrogen-bond acceptors (Lipinski definition) is 4. The zero-order valence-electron chi connectivity index (χ0n) is 15.2. The third-order valence-corrected chi connectivity index (χ3v) is 5.39. The molecule has 0 aliphatic carbocycles. The number of piperazine rings is 1. The van der Waals surface area contributed by atoms with Crippen LogP contribution in [-0.4, -0.2) is 41.4 Å². The predicted molar refractivity (Wildman–Crippen MR) is 110 cm³/mol. The Morgan fingerprint density at radius 2 is 1.89 bits per heavy atom. The lowest BCUT2D eigenvalue weighted by molar-refractivity contribution is 0.229. The molecule has 2 saturated heterocycles. The number of likely N-dealkylation sites (tertiary alicyclic amines) is 1. The topological polar surface area (TPSA) is 56.9 Å². The molecule has 0 aromatic heterocycles. The van der Waals surface area contributed by atoms with Crippen molar-refractivity contribution in [3.8, 4) is 0 Å². The van der Waals surface area contributed by atoms with E-state index in [2.05, 4.69) is 39.8 Å². The molecular weight excluding hydrogens is 380 g/mol. The molecule has 2 atom stereocenters. The first kappa shape index (κ1) is 18.8. The second-order valence-corrected chi connectivity index (χ2v) is 7.62. The van der Waals surface area contributed by atoms with Crippen LogP contribution in [0.1, 0.15) is 17.5 Å². The minimum Gasteiger partial charge on any atom is -0.375 e. The smallest absolute Gasteiger partial charge is 0.184 e. The van der Waals surface area contributed by atoms with Crippen LogP contribution in [0.2, 0.25) is 0 Å². The average molecular weight is 401 g/mol. The van der Waals surface area contributed by atoms with Gasteiger partial charge in [-0.1, -0.05) is 30.3 Å². The summed E-state index contributed by atoms with van der Waals surface area (Å²) >= 11 is 4.63. The monoisotopic (exact) mass is 401 g/mol. The highest BCUT2D eigenvalue weighted by atomic mass is 32.1. The Kier molecular flexibility index (Phi) is 5.23. The number of hydrogen-bond donors (Lipinski definition) is 2. The van der Waals surface area contributed by atoms with Crippen molar-refractivity contribution in [1.29, 1.82) is 0 Å². The van der Waals surface area contributed by atoms with Crippen molar-refractivity contribution in [3.05, 3.63) is 65.2 Å². The maximum absolute atomic E-state index is 14.7. The summed E-state index contributed by atoms with van der Waals surface area (Å²) in [6.07, 6.45) is 2.21. The number of thiocarbonyl (C=S) groups is 1. The normalized spacial score (nSPS) is 21.6. The first-order valence-electron chi connectivity index (χ1n) is 9.13. The fourth-order valence-electron chi connectivity index (χ4n) is 4.14. The van der Waals surface area contributed by atoms with Gasteiger partial charge in [-0.25, -0.2) is 8.78 Å². The number of anilines is 1. The second kappa shape index (κ2) is 7.81. The summed E-state index contributed by atoms with van der Waals surface area (Å²) in [5.74, 6) is -1.17. The van der Waals surface area contributed by atoms with E-state index in [1.54, 1.807) is 0 Å². The Morgan fingerprint density at radius 1 is 1.18 bits per heavy atom. The standard InChI is InChI=1S/C20H21F2N5S/c21-17-6-14(9-24-25-20(23)28)7-18(22)19(17)27-12-15-8-16(27)11-26(15)10-13-4-2-1-3-5-13/h1-7,9,15-16H,8,10-12H2,(H3,23,25,28)/b24-9+/t15-,16-/m0/s1. The summed E-state index contributed by atoms with van der Waals surface area (Å²) in [7, 11) is 0. The Bertz CT molecular complexity index is 882. The van der Waals surface area contributed by atoms with Crippen LogP contribution in [0.25, 0.3) is 0 Å². The summed E-state index contributed by atoms with van der Waals surface area (Å²) in [5, 5.41) is 3.73. The summed E-state index contributed by atoms with van der Waals surface area (Å²) in [6.45, 7) is 2.30. The van der Waals surface area contributed by atoms with Crippen molar-refractivity contribution in [2.75, 3.05) is 18.0 Å². The van der Waals surface area contributed by atoms with Crippen LogP contribution in [0, 0.1) is 11.6 Å². The van der Waals surface area contributed by atoms with Crippen LogP contribution < -0.4 is 16.1 Å². The van der Waals surface area contributed by atoms with E-state index in [-0.39, 0.29) is 16.8 Å². The lowest BCUT2D eigenvalue weighted by atomic mass is 10.1. The molecule has 5 nitrogen and oxygen atoms in total. The van der Waals surface area contributed by atoms with E-state index in [4.69, 9.17) is 5.73 Å². The zero-order valence-corrected chi connectivity index (χ0v) is 16.0. The van der Waals surface area contributed by atoms with Crippen molar-refractivity contribution >= 4 is 29.2 Å². The van der Waals surface area contributed by atoms with E-state index >= 15 is 0 Å². The molecule has 0 radical (unpaired) electrons. The zero-order chi connectivity index (χ0) is 19.7. The minimum absolute atomic E-state index is 0.0121. The van der Waals surface area contributed by atoms with Gasteiger partial charge in [0.2, 0.25) is 0 Å². The first-order valence-corrected chi connectivity index (χ1v) is 9.54. The van der Waals surface area contributed by atoms with Gasteiger partial charge in [0.15, 0.2) is 5.11 Å².